The van der Waals surface area contributed by atoms with Crippen LogP contribution in [0.5, 0.6) is 0 Å². The summed E-state index contributed by atoms with van der Waals surface area (Å²) in [5, 5.41) is 44.3. The predicted molar refractivity (Wildman–Crippen MR) is 41.4 cm³/mol. The van der Waals surface area contributed by atoms with Gasteiger partial charge in [-0.1, -0.05) is 0 Å². The molecule has 0 aliphatic carbocycles. The van der Waals surface area contributed by atoms with Gasteiger partial charge in [0, 0.05) is 6.42 Å². The smallest absolute Gasteiger partial charge is 0.105 e. The van der Waals surface area contributed by atoms with Crippen LogP contribution in [0.4, 0.5) is 0 Å². The van der Waals surface area contributed by atoms with E-state index < -0.39 is 31.0 Å². The molecule has 5 nitrogen and oxygen atoms in total. The van der Waals surface area contributed by atoms with Gasteiger partial charge in [0.1, 0.15) is 6.10 Å². The van der Waals surface area contributed by atoms with Gasteiger partial charge >= 0.3 is 0 Å². The molecule has 0 aliphatic heterocycles. The molecule has 5 heteroatoms. The highest BCUT2D eigenvalue weighted by molar-refractivity contribution is 4.83. The molecule has 0 rings (SSSR count). The van der Waals surface area contributed by atoms with Crippen molar-refractivity contribution in [2.75, 3.05) is 13.2 Å². The molecular weight excluding hydrogens is 164 g/mol. The lowest BCUT2D eigenvalue weighted by Crippen LogP contribution is -2.44. The predicted octanol–water partition coefficient (Wildman–Crippen LogP) is -2.17. The van der Waals surface area contributed by atoms with Crippen molar-refractivity contribution >= 4 is 0 Å². The van der Waals surface area contributed by atoms with Crippen LogP contribution in [0.15, 0.2) is 0 Å². The summed E-state index contributed by atoms with van der Waals surface area (Å²) in [5.41, 5.74) is -1.57. The maximum atomic E-state index is 9.40. The Bertz CT molecular complexity index is 125. The van der Waals surface area contributed by atoms with Crippen molar-refractivity contribution < 1.29 is 25.5 Å². The Morgan fingerprint density at radius 2 is 1.67 bits per heavy atom. The number of hydrogen-bond donors (Lipinski definition) is 5. The van der Waals surface area contributed by atoms with E-state index >= 15 is 0 Å². The van der Waals surface area contributed by atoms with Crippen molar-refractivity contribution in [2.24, 2.45) is 0 Å². The average molecular weight is 180 g/mol. The molecule has 0 amide bonds. The molecule has 3 atom stereocenters. The number of hydrogen-bond acceptors (Lipinski definition) is 5. The first-order valence-corrected chi connectivity index (χ1v) is 3.74. The van der Waals surface area contributed by atoms with E-state index in [-0.39, 0.29) is 6.42 Å². The van der Waals surface area contributed by atoms with Crippen molar-refractivity contribution in [1.82, 2.24) is 0 Å². The molecule has 0 aromatic heterocycles. The zero-order valence-corrected chi connectivity index (χ0v) is 7.01. The number of aliphatic hydroxyl groups is 5. The van der Waals surface area contributed by atoms with Gasteiger partial charge in [-0.25, -0.2) is 0 Å². The highest BCUT2D eigenvalue weighted by Gasteiger charge is 2.31. The lowest BCUT2D eigenvalue weighted by atomic mass is 9.93. The fourth-order valence-electron chi connectivity index (χ4n) is 0.874. The molecule has 12 heavy (non-hydrogen) atoms. The summed E-state index contributed by atoms with van der Waals surface area (Å²) in [6.45, 7) is 0.228. The third-order valence-corrected chi connectivity index (χ3v) is 1.75. The highest BCUT2D eigenvalue weighted by atomic mass is 16.4. The normalized spacial score (nSPS) is 21.5. The molecule has 0 aromatic rings. The number of aliphatic hydroxyl groups excluding tert-OH is 4. The van der Waals surface area contributed by atoms with Crippen LogP contribution in [0.3, 0.4) is 0 Å². The van der Waals surface area contributed by atoms with Crippen molar-refractivity contribution in [2.45, 2.75) is 31.2 Å². The van der Waals surface area contributed by atoms with E-state index in [4.69, 9.17) is 20.4 Å². The highest BCUT2D eigenvalue weighted by Crippen LogP contribution is 2.16. The second-order valence-electron chi connectivity index (χ2n) is 3.10. The van der Waals surface area contributed by atoms with Gasteiger partial charge < -0.3 is 25.5 Å². The van der Waals surface area contributed by atoms with Crippen LogP contribution in [0.2, 0.25) is 0 Å². The van der Waals surface area contributed by atoms with Gasteiger partial charge in [-0.2, -0.15) is 0 Å². The molecule has 0 saturated heterocycles. The molecule has 0 fully saturated rings. The van der Waals surface area contributed by atoms with E-state index in [1.54, 1.807) is 0 Å². The van der Waals surface area contributed by atoms with Crippen molar-refractivity contribution in [1.29, 1.82) is 0 Å². The minimum atomic E-state index is -1.57. The summed E-state index contributed by atoms with van der Waals surface area (Å²) in [6.07, 6.45) is -2.56. The SMILES string of the molecule is CC(O)(CC(O)CO)C(O)CO. The molecule has 0 heterocycles. The van der Waals surface area contributed by atoms with E-state index in [1.165, 1.54) is 6.92 Å². The minimum absolute atomic E-state index is 0.175. The second-order valence-corrected chi connectivity index (χ2v) is 3.10. The summed E-state index contributed by atoms with van der Waals surface area (Å²) in [6, 6.07) is 0. The molecule has 74 valence electrons. The first kappa shape index (κ1) is 11.8. The fourth-order valence-corrected chi connectivity index (χ4v) is 0.874. The maximum Gasteiger partial charge on any atom is 0.105 e. The Morgan fingerprint density at radius 1 is 1.17 bits per heavy atom. The van der Waals surface area contributed by atoms with Crippen molar-refractivity contribution in [3.63, 3.8) is 0 Å². The third-order valence-electron chi connectivity index (χ3n) is 1.75. The van der Waals surface area contributed by atoms with Gasteiger partial charge in [-0.15, -0.1) is 0 Å². The van der Waals surface area contributed by atoms with Gasteiger partial charge in [-0.05, 0) is 6.92 Å². The van der Waals surface area contributed by atoms with Crippen molar-refractivity contribution in [3.8, 4) is 0 Å². The molecular formula is C7H16O5. The zero-order chi connectivity index (χ0) is 9.78. The van der Waals surface area contributed by atoms with Crippen LogP contribution in [0, 0.1) is 0 Å². The minimum Gasteiger partial charge on any atom is -0.394 e. The average Bonchev–Trinajstić information content (AvgIpc) is 2.02. The Hall–Kier alpha value is -0.200. The van der Waals surface area contributed by atoms with Gasteiger partial charge in [0.05, 0.1) is 24.9 Å². The van der Waals surface area contributed by atoms with Crippen molar-refractivity contribution in [3.05, 3.63) is 0 Å². The van der Waals surface area contributed by atoms with Crippen LogP contribution in [-0.4, -0.2) is 56.6 Å². The Kier molecular flexibility index (Phi) is 4.66. The van der Waals surface area contributed by atoms with E-state index in [2.05, 4.69) is 0 Å². The summed E-state index contributed by atoms with van der Waals surface area (Å²) in [7, 11) is 0. The molecule has 0 aliphatic rings. The standard InChI is InChI=1S/C7H16O5/c1-7(12,6(11)4-9)2-5(10)3-8/h5-6,8-12H,2-4H2,1H3. The van der Waals surface area contributed by atoms with E-state index in [1.807, 2.05) is 0 Å². The zero-order valence-electron chi connectivity index (χ0n) is 7.01. The first-order chi connectivity index (χ1) is 5.44. The first-order valence-electron chi connectivity index (χ1n) is 3.74. The molecule has 0 radical (unpaired) electrons. The summed E-state index contributed by atoms with van der Waals surface area (Å²) in [5.74, 6) is 0. The molecule has 5 N–H and O–H groups in total. The Morgan fingerprint density at radius 3 is 2.00 bits per heavy atom. The molecule has 0 bridgehead atoms. The monoisotopic (exact) mass is 180 g/mol. The molecule has 0 aromatic carbocycles. The van der Waals surface area contributed by atoms with Gasteiger partial charge in [0.2, 0.25) is 0 Å². The van der Waals surface area contributed by atoms with Crippen LogP contribution in [0.1, 0.15) is 13.3 Å². The lowest BCUT2D eigenvalue weighted by Gasteiger charge is -2.29. The molecule has 0 saturated carbocycles. The Balaban J connectivity index is 4.02. The topological polar surface area (TPSA) is 101 Å². The largest absolute Gasteiger partial charge is 0.394 e. The summed E-state index contributed by atoms with van der Waals surface area (Å²) in [4.78, 5) is 0. The molecule has 3 unspecified atom stereocenters. The van der Waals surface area contributed by atoms with Gasteiger partial charge in [-0.3, -0.25) is 0 Å². The van der Waals surface area contributed by atoms with Gasteiger partial charge in [0.15, 0.2) is 0 Å². The summed E-state index contributed by atoms with van der Waals surface area (Å²) < 4.78 is 0. The van der Waals surface area contributed by atoms with Crippen LogP contribution < -0.4 is 0 Å². The van der Waals surface area contributed by atoms with Crippen LogP contribution in [0.25, 0.3) is 0 Å². The quantitative estimate of drug-likeness (QED) is 0.331. The maximum absolute atomic E-state index is 9.40. The lowest BCUT2D eigenvalue weighted by molar-refractivity contribution is -0.108. The third kappa shape index (κ3) is 3.46. The second kappa shape index (κ2) is 4.74. The number of rotatable bonds is 5. The Labute approximate surface area is 70.9 Å². The van der Waals surface area contributed by atoms with E-state index in [0.717, 1.165) is 0 Å². The van der Waals surface area contributed by atoms with Crippen LogP contribution >= 0.6 is 0 Å². The molecule has 0 spiro atoms. The van der Waals surface area contributed by atoms with E-state index in [9.17, 15) is 5.11 Å². The fraction of sp³-hybridized carbons (Fsp3) is 1.00. The summed E-state index contributed by atoms with van der Waals surface area (Å²) >= 11 is 0. The van der Waals surface area contributed by atoms with E-state index in [0.29, 0.717) is 0 Å². The van der Waals surface area contributed by atoms with Gasteiger partial charge in [0.25, 0.3) is 0 Å². The van der Waals surface area contributed by atoms with Crippen LogP contribution in [-0.2, 0) is 0 Å².